The molecule has 0 aliphatic carbocycles. The van der Waals surface area contributed by atoms with Gasteiger partial charge >= 0.3 is 0 Å². The fraction of sp³-hybridized carbons (Fsp3) is 0.571. The van der Waals surface area contributed by atoms with E-state index < -0.39 is 0 Å². The van der Waals surface area contributed by atoms with Crippen LogP contribution in [-0.2, 0) is 0 Å². The van der Waals surface area contributed by atoms with Crippen LogP contribution in [0.15, 0.2) is 18.2 Å². The zero-order valence-electron chi connectivity index (χ0n) is 10.7. The maximum absolute atomic E-state index is 9.41. The third-order valence-electron chi connectivity index (χ3n) is 2.78. The largest absolute Gasteiger partial charge is 0.491 e. The number of aliphatic hydroxyl groups is 1. The van der Waals surface area contributed by atoms with Gasteiger partial charge in [-0.25, -0.2) is 0 Å². The highest BCUT2D eigenvalue weighted by Crippen LogP contribution is 2.23. The van der Waals surface area contributed by atoms with E-state index in [0.717, 1.165) is 12.2 Å². The molecule has 1 aromatic carbocycles. The Hall–Kier alpha value is -1.02. The summed E-state index contributed by atoms with van der Waals surface area (Å²) >= 11 is 0. The normalized spacial score (nSPS) is 12.9. The zero-order chi connectivity index (χ0) is 12.1. The van der Waals surface area contributed by atoms with E-state index in [9.17, 15) is 5.11 Å². The highest BCUT2D eigenvalue weighted by Gasteiger charge is 2.06. The van der Waals surface area contributed by atoms with Crippen molar-refractivity contribution in [1.29, 1.82) is 0 Å². The first-order valence-electron chi connectivity index (χ1n) is 5.96. The molecule has 0 radical (unpaired) electrons. The maximum atomic E-state index is 9.41. The van der Waals surface area contributed by atoms with Crippen molar-refractivity contribution >= 4 is 0 Å². The van der Waals surface area contributed by atoms with E-state index in [2.05, 4.69) is 26.8 Å². The molecule has 2 heteroatoms. The molecule has 0 aliphatic heterocycles. The average Bonchev–Trinajstić information content (AvgIpc) is 2.25. The first-order chi connectivity index (χ1) is 7.54. The van der Waals surface area contributed by atoms with Gasteiger partial charge in [0.25, 0.3) is 0 Å². The van der Waals surface area contributed by atoms with E-state index in [4.69, 9.17) is 4.74 Å². The van der Waals surface area contributed by atoms with Gasteiger partial charge in [0.15, 0.2) is 0 Å². The topological polar surface area (TPSA) is 29.5 Å². The summed E-state index contributed by atoms with van der Waals surface area (Å²) in [5.74, 6) is 1.38. The van der Waals surface area contributed by atoms with E-state index in [0.29, 0.717) is 12.5 Å². The molecular formula is C14H22O2. The molecule has 0 heterocycles. The van der Waals surface area contributed by atoms with Crippen molar-refractivity contribution in [2.45, 2.75) is 46.1 Å². The van der Waals surface area contributed by atoms with E-state index in [1.165, 1.54) is 11.1 Å². The Labute approximate surface area is 98.3 Å². The molecule has 1 rings (SSSR count). The molecular weight excluding hydrogens is 200 g/mol. The number of benzene rings is 1. The second kappa shape index (κ2) is 5.90. The van der Waals surface area contributed by atoms with Gasteiger partial charge in [0.2, 0.25) is 0 Å². The van der Waals surface area contributed by atoms with Crippen molar-refractivity contribution in [2.75, 3.05) is 6.61 Å². The summed E-state index contributed by atoms with van der Waals surface area (Å²) in [7, 11) is 0. The van der Waals surface area contributed by atoms with Gasteiger partial charge in [0.1, 0.15) is 12.4 Å². The summed E-state index contributed by atoms with van der Waals surface area (Å²) in [6.45, 7) is 8.78. The smallest absolute Gasteiger partial charge is 0.119 e. The Morgan fingerprint density at radius 2 is 2.00 bits per heavy atom. The van der Waals surface area contributed by atoms with E-state index in [1.807, 2.05) is 19.1 Å². The molecule has 1 unspecified atom stereocenters. The molecule has 0 bridgehead atoms. The van der Waals surface area contributed by atoms with Gasteiger partial charge < -0.3 is 9.84 Å². The van der Waals surface area contributed by atoms with Gasteiger partial charge in [0, 0.05) is 0 Å². The second-order valence-corrected chi connectivity index (χ2v) is 4.55. The fourth-order valence-electron chi connectivity index (χ4n) is 1.70. The quantitative estimate of drug-likeness (QED) is 0.828. The van der Waals surface area contributed by atoms with Crippen LogP contribution < -0.4 is 4.74 Å². The SMILES string of the molecule is CCC(O)COc1ccc(C(C)C)c(C)c1. The van der Waals surface area contributed by atoms with Crippen LogP contribution in [0.5, 0.6) is 5.75 Å². The lowest BCUT2D eigenvalue weighted by molar-refractivity contribution is 0.104. The van der Waals surface area contributed by atoms with Crippen LogP contribution in [0.4, 0.5) is 0 Å². The standard InChI is InChI=1S/C14H22O2/c1-5-12(15)9-16-13-6-7-14(10(2)3)11(4)8-13/h6-8,10,12,15H,5,9H2,1-4H3. The highest BCUT2D eigenvalue weighted by atomic mass is 16.5. The lowest BCUT2D eigenvalue weighted by Crippen LogP contribution is -2.16. The summed E-state index contributed by atoms with van der Waals surface area (Å²) in [6.07, 6.45) is 0.355. The average molecular weight is 222 g/mol. The van der Waals surface area contributed by atoms with Crippen molar-refractivity contribution in [3.05, 3.63) is 29.3 Å². The lowest BCUT2D eigenvalue weighted by atomic mass is 9.98. The fourth-order valence-corrected chi connectivity index (χ4v) is 1.70. The molecule has 1 N–H and O–H groups in total. The Bertz CT molecular complexity index is 332. The summed E-state index contributed by atoms with van der Waals surface area (Å²) in [5, 5.41) is 9.41. The Kier molecular flexibility index (Phi) is 4.81. The molecule has 0 spiro atoms. The monoisotopic (exact) mass is 222 g/mol. The number of aliphatic hydroxyl groups excluding tert-OH is 1. The number of aryl methyl sites for hydroxylation is 1. The van der Waals surface area contributed by atoms with Crippen molar-refractivity contribution < 1.29 is 9.84 Å². The molecule has 0 aliphatic rings. The van der Waals surface area contributed by atoms with Gasteiger partial charge in [-0.2, -0.15) is 0 Å². The highest BCUT2D eigenvalue weighted by molar-refractivity contribution is 5.36. The Morgan fingerprint density at radius 1 is 1.31 bits per heavy atom. The predicted octanol–water partition coefficient (Wildman–Crippen LogP) is 3.27. The minimum Gasteiger partial charge on any atom is -0.491 e. The van der Waals surface area contributed by atoms with E-state index >= 15 is 0 Å². The summed E-state index contributed by atoms with van der Waals surface area (Å²) in [4.78, 5) is 0. The molecule has 0 aromatic heterocycles. The molecule has 1 aromatic rings. The molecule has 0 fully saturated rings. The Morgan fingerprint density at radius 3 is 2.50 bits per heavy atom. The van der Waals surface area contributed by atoms with Crippen molar-refractivity contribution in [3.8, 4) is 5.75 Å². The van der Waals surface area contributed by atoms with Crippen LogP contribution >= 0.6 is 0 Å². The van der Waals surface area contributed by atoms with Crippen molar-refractivity contribution in [3.63, 3.8) is 0 Å². The number of ether oxygens (including phenoxy) is 1. The van der Waals surface area contributed by atoms with Crippen LogP contribution in [-0.4, -0.2) is 17.8 Å². The lowest BCUT2D eigenvalue weighted by Gasteiger charge is -2.14. The predicted molar refractivity (Wildman–Crippen MR) is 67.1 cm³/mol. The van der Waals surface area contributed by atoms with Crippen LogP contribution in [0.1, 0.15) is 44.2 Å². The molecule has 16 heavy (non-hydrogen) atoms. The first kappa shape index (κ1) is 13.0. The molecule has 0 saturated carbocycles. The van der Waals surface area contributed by atoms with Gasteiger partial charge in [-0.15, -0.1) is 0 Å². The summed E-state index contributed by atoms with van der Waals surface area (Å²) < 4.78 is 5.52. The van der Waals surface area contributed by atoms with Crippen LogP contribution in [0.2, 0.25) is 0 Å². The van der Waals surface area contributed by atoms with Crippen molar-refractivity contribution in [1.82, 2.24) is 0 Å². The van der Waals surface area contributed by atoms with E-state index in [1.54, 1.807) is 0 Å². The number of hydrogen-bond donors (Lipinski definition) is 1. The summed E-state index contributed by atoms with van der Waals surface area (Å²) in [5.41, 5.74) is 2.60. The number of hydrogen-bond acceptors (Lipinski definition) is 2. The van der Waals surface area contributed by atoms with Gasteiger partial charge in [-0.05, 0) is 42.5 Å². The van der Waals surface area contributed by atoms with Gasteiger partial charge in [-0.3, -0.25) is 0 Å². The minimum atomic E-state index is -0.370. The van der Waals surface area contributed by atoms with Crippen LogP contribution in [0.25, 0.3) is 0 Å². The molecule has 0 saturated heterocycles. The molecule has 1 atom stereocenters. The second-order valence-electron chi connectivity index (χ2n) is 4.55. The molecule has 2 nitrogen and oxygen atoms in total. The first-order valence-corrected chi connectivity index (χ1v) is 5.96. The minimum absolute atomic E-state index is 0.370. The third-order valence-corrected chi connectivity index (χ3v) is 2.78. The molecule has 0 amide bonds. The van der Waals surface area contributed by atoms with Crippen LogP contribution in [0.3, 0.4) is 0 Å². The molecule has 90 valence electrons. The maximum Gasteiger partial charge on any atom is 0.119 e. The van der Waals surface area contributed by atoms with Crippen LogP contribution in [0, 0.1) is 6.92 Å². The Balaban J connectivity index is 2.66. The van der Waals surface area contributed by atoms with Crippen molar-refractivity contribution in [2.24, 2.45) is 0 Å². The summed E-state index contributed by atoms with van der Waals surface area (Å²) in [6, 6.07) is 6.12. The zero-order valence-corrected chi connectivity index (χ0v) is 10.7. The third kappa shape index (κ3) is 3.53. The van der Waals surface area contributed by atoms with Gasteiger partial charge in [-0.1, -0.05) is 26.8 Å². The van der Waals surface area contributed by atoms with E-state index in [-0.39, 0.29) is 6.10 Å². The number of rotatable bonds is 5. The van der Waals surface area contributed by atoms with Gasteiger partial charge in [0.05, 0.1) is 6.10 Å².